The van der Waals surface area contributed by atoms with Crippen molar-refractivity contribution in [1.29, 1.82) is 0 Å². The van der Waals surface area contributed by atoms with E-state index in [1.54, 1.807) is 11.5 Å². The molecule has 0 unspecified atom stereocenters. The second-order valence-electron chi connectivity index (χ2n) is 9.16. The zero-order valence-corrected chi connectivity index (χ0v) is 24.0. The predicted molar refractivity (Wildman–Crippen MR) is 156 cm³/mol. The van der Waals surface area contributed by atoms with E-state index in [0.717, 1.165) is 53.0 Å². The van der Waals surface area contributed by atoms with Crippen molar-refractivity contribution in [3.8, 4) is 5.69 Å². The molecule has 0 bridgehead atoms. The number of esters is 1. The fraction of sp³-hybridized carbons (Fsp3) is 0.357. The SMILES string of the molecule is CCOC(=O)c1c(NC(=O)CSc2nc3sc(C)c(C)c3c(=O)n2-c2ccccc2)sc2c1CCCCC2. The van der Waals surface area contributed by atoms with E-state index >= 15 is 0 Å². The summed E-state index contributed by atoms with van der Waals surface area (Å²) in [6.45, 7) is 5.98. The number of hydrogen-bond acceptors (Lipinski definition) is 8. The van der Waals surface area contributed by atoms with Crippen LogP contribution in [0, 0.1) is 13.8 Å². The van der Waals surface area contributed by atoms with E-state index in [1.165, 1.54) is 34.4 Å². The van der Waals surface area contributed by atoms with Gasteiger partial charge in [0.25, 0.3) is 5.56 Å². The summed E-state index contributed by atoms with van der Waals surface area (Å²) < 4.78 is 6.92. The van der Waals surface area contributed by atoms with Crippen LogP contribution in [-0.2, 0) is 22.4 Å². The first-order valence-electron chi connectivity index (χ1n) is 12.7. The van der Waals surface area contributed by atoms with Gasteiger partial charge in [0.1, 0.15) is 9.83 Å². The molecule has 0 radical (unpaired) electrons. The van der Waals surface area contributed by atoms with Crippen LogP contribution in [0.1, 0.15) is 57.4 Å². The highest BCUT2D eigenvalue weighted by Gasteiger charge is 2.27. The third-order valence-corrected chi connectivity index (χ3v) is 9.92. The molecule has 0 aliphatic heterocycles. The van der Waals surface area contributed by atoms with E-state index in [9.17, 15) is 14.4 Å². The molecule has 38 heavy (non-hydrogen) atoms. The molecule has 1 amide bonds. The van der Waals surface area contributed by atoms with Gasteiger partial charge in [0.15, 0.2) is 5.16 Å². The van der Waals surface area contributed by atoms with Crippen LogP contribution in [0.2, 0.25) is 0 Å². The summed E-state index contributed by atoms with van der Waals surface area (Å²) in [6, 6.07) is 9.35. The van der Waals surface area contributed by atoms with Crippen molar-refractivity contribution < 1.29 is 14.3 Å². The van der Waals surface area contributed by atoms with Gasteiger partial charge in [-0.05, 0) is 69.7 Å². The minimum absolute atomic E-state index is 0.0406. The number of fused-ring (bicyclic) bond motifs is 2. The molecular formula is C28H29N3O4S3. The first-order valence-corrected chi connectivity index (χ1v) is 15.3. The molecule has 5 rings (SSSR count). The number of para-hydroxylation sites is 1. The number of ether oxygens (including phenoxy) is 1. The monoisotopic (exact) mass is 567 g/mol. The number of anilines is 1. The number of amides is 1. The summed E-state index contributed by atoms with van der Waals surface area (Å²) in [4.78, 5) is 47.3. The number of thioether (sulfide) groups is 1. The molecule has 1 N–H and O–H groups in total. The van der Waals surface area contributed by atoms with Crippen LogP contribution in [0.25, 0.3) is 15.9 Å². The van der Waals surface area contributed by atoms with Crippen LogP contribution >= 0.6 is 34.4 Å². The molecule has 7 nitrogen and oxygen atoms in total. The Labute approximate surface area is 233 Å². The van der Waals surface area contributed by atoms with Crippen molar-refractivity contribution >= 4 is 61.5 Å². The number of carbonyl (C=O) groups is 2. The number of aromatic nitrogens is 2. The number of carbonyl (C=O) groups excluding carboxylic acids is 2. The fourth-order valence-corrected chi connectivity index (χ4v) is 7.90. The van der Waals surface area contributed by atoms with E-state index in [-0.39, 0.29) is 29.8 Å². The zero-order chi connectivity index (χ0) is 26.8. The van der Waals surface area contributed by atoms with Crippen LogP contribution in [0.3, 0.4) is 0 Å². The highest BCUT2D eigenvalue weighted by molar-refractivity contribution is 7.99. The molecule has 198 valence electrons. The Hall–Kier alpha value is -2.95. The van der Waals surface area contributed by atoms with Crippen LogP contribution in [0.5, 0.6) is 0 Å². The first-order chi connectivity index (χ1) is 18.4. The Morgan fingerprint density at radius 1 is 1.11 bits per heavy atom. The number of aryl methyl sites for hydroxylation is 3. The van der Waals surface area contributed by atoms with Crippen molar-refractivity contribution in [2.24, 2.45) is 0 Å². The maximum atomic E-state index is 13.6. The highest BCUT2D eigenvalue weighted by atomic mass is 32.2. The number of hydrogen-bond donors (Lipinski definition) is 1. The Morgan fingerprint density at radius 3 is 2.63 bits per heavy atom. The molecular weight excluding hydrogens is 539 g/mol. The molecule has 3 heterocycles. The minimum atomic E-state index is -0.386. The Morgan fingerprint density at radius 2 is 1.87 bits per heavy atom. The molecule has 4 aromatic rings. The van der Waals surface area contributed by atoms with Crippen molar-refractivity contribution in [2.45, 2.75) is 58.0 Å². The van der Waals surface area contributed by atoms with Gasteiger partial charge < -0.3 is 10.1 Å². The standard InChI is InChI=1S/C28H29N3O4S3/c1-4-35-27(34)23-19-13-9-6-10-14-20(19)38-25(23)29-21(32)15-36-28-30-24-22(16(2)17(3)37-24)26(33)31(28)18-11-7-5-8-12-18/h5,7-8,11-12H,4,6,9-10,13-15H2,1-3H3,(H,29,32). The summed E-state index contributed by atoms with van der Waals surface area (Å²) in [5.74, 6) is -0.605. The molecule has 0 saturated carbocycles. The maximum absolute atomic E-state index is 13.6. The van der Waals surface area contributed by atoms with Crippen molar-refractivity contribution in [3.63, 3.8) is 0 Å². The van der Waals surface area contributed by atoms with Crippen LogP contribution < -0.4 is 10.9 Å². The summed E-state index contributed by atoms with van der Waals surface area (Å²) in [5.41, 5.74) is 3.01. The lowest BCUT2D eigenvalue weighted by molar-refractivity contribution is -0.113. The second-order valence-corrected chi connectivity index (χ2v) is 12.4. The molecule has 1 aromatic carbocycles. The maximum Gasteiger partial charge on any atom is 0.341 e. The van der Waals surface area contributed by atoms with Gasteiger partial charge >= 0.3 is 5.97 Å². The van der Waals surface area contributed by atoms with Gasteiger partial charge in [-0.25, -0.2) is 9.78 Å². The van der Waals surface area contributed by atoms with E-state index in [1.807, 2.05) is 44.2 Å². The van der Waals surface area contributed by atoms with Crippen molar-refractivity contribution in [3.05, 3.63) is 67.1 Å². The quantitative estimate of drug-likeness (QED) is 0.122. The largest absolute Gasteiger partial charge is 0.462 e. The van der Waals surface area contributed by atoms with Crippen LogP contribution in [0.15, 0.2) is 40.3 Å². The summed E-state index contributed by atoms with van der Waals surface area (Å²) >= 11 is 4.17. The van der Waals surface area contributed by atoms with Gasteiger partial charge in [-0.2, -0.15) is 0 Å². The first kappa shape index (κ1) is 26.6. The number of benzene rings is 1. The smallest absolute Gasteiger partial charge is 0.341 e. The number of nitrogens with one attached hydrogen (secondary N) is 1. The van der Waals surface area contributed by atoms with Gasteiger partial charge in [-0.1, -0.05) is 36.4 Å². The van der Waals surface area contributed by atoms with E-state index in [0.29, 0.717) is 31.6 Å². The van der Waals surface area contributed by atoms with Gasteiger partial charge in [-0.3, -0.25) is 14.2 Å². The van der Waals surface area contributed by atoms with Crippen LogP contribution in [0.4, 0.5) is 5.00 Å². The molecule has 1 aliphatic rings. The van der Waals surface area contributed by atoms with Crippen LogP contribution in [-0.4, -0.2) is 33.8 Å². The molecule has 0 atom stereocenters. The Kier molecular flexibility index (Phi) is 8.01. The Balaban J connectivity index is 1.44. The lowest BCUT2D eigenvalue weighted by Crippen LogP contribution is -2.23. The molecule has 10 heteroatoms. The highest BCUT2D eigenvalue weighted by Crippen LogP contribution is 2.38. The predicted octanol–water partition coefficient (Wildman–Crippen LogP) is 6.30. The summed E-state index contributed by atoms with van der Waals surface area (Å²) in [5, 5.41) is 4.59. The molecule has 3 aromatic heterocycles. The van der Waals surface area contributed by atoms with Gasteiger partial charge in [0.2, 0.25) is 5.91 Å². The zero-order valence-electron chi connectivity index (χ0n) is 21.6. The second kappa shape index (κ2) is 11.4. The lowest BCUT2D eigenvalue weighted by atomic mass is 10.1. The van der Waals surface area contributed by atoms with E-state index in [2.05, 4.69) is 5.32 Å². The molecule has 0 spiro atoms. The fourth-order valence-electron chi connectivity index (χ4n) is 4.72. The number of thiophene rings is 2. The Bertz CT molecular complexity index is 1570. The summed E-state index contributed by atoms with van der Waals surface area (Å²) in [6.07, 6.45) is 4.95. The molecule has 0 saturated heterocycles. The normalized spacial score (nSPS) is 13.2. The van der Waals surface area contributed by atoms with Crippen molar-refractivity contribution in [1.82, 2.24) is 9.55 Å². The lowest BCUT2D eigenvalue weighted by Gasteiger charge is -2.12. The third-order valence-electron chi connectivity index (χ3n) is 6.67. The third kappa shape index (κ3) is 5.17. The van der Waals surface area contributed by atoms with Crippen molar-refractivity contribution in [2.75, 3.05) is 17.7 Å². The van der Waals surface area contributed by atoms with Gasteiger partial charge in [0, 0.05) is 9.75 Å². The van der Waals surface area contributed by atoms with E-state index in [4.69, 9.17) is 9.72 Å². The number of rotatable bonds is 7. The minimum Gasteiger partial charge on any atom is -0.462 e. The average Bonchev–Trinajstić information content (AvgIpc) is 3.28. The molecule has 1 aliphatic carbocycles. The number of nitrogens with zero attached hydrogens (tertiary/aromatic N) is 2. The summed E-state index contributed by atoms with van der Waals surface area (Å²) in [7, 11) is 0. The average molecular weight is 568 g/mol. The van der Waals surface area contributed by atoms with E-state index < -0.39 is 0 Å². The molecule has 0 fully saturated rings. The van der Waals surface area contributed by atoms with Gasteiger partial charge in [0.05, 0.1) is 29.0 Å². The topological polar surface area (TPSA) is 90.3 Å². The van der Waals surface area contributed by atoms with Gasteiger partial charge in [-0.15, -0.1) is 22.7 Å².